The zero-order valence-corrected chi connectivity index (χ0v) is 19.8. The van der Waals surface area contributed by atoms with E-state index >= 15 is 0 Å². The fraction of sp³-hybridized carbons (Fsp3) is 0.357. The molecule has 0 unspecified atom stereocenters. The summed E-state index contributed by atoms with van der Waals surface area (Å²) in [4.78, 5) is 2.64. The SMILES string of the molecule is COc1ccc(C[C@H]2c3c(ccc(OC)c3OC)C[C@H]3c4cc5c(cc4CCN32)OCO5)cc1. The Hall–Kier alpha value is -3.38. The fourth-order valence-electron chi connectivity index (χ4n) is 5.82. The maximum atomic E-state index is 5.94. The minimum Gasteiger partial charge on any atom is -0.497 e. The van der Waals surface area contributed by atoms with Crippen LogP contribution < -0.4 is 23.7 Å². The summed E-state index contributed by atoms with van der Waals surface area (Å²) in [7, 11) is 5.14. The monoisotopic (exact) mass is 459 g/mol. The van der Waals surface area contributed by atoms with Gasteiger partial charge in [-0.1, -0.05) is 18.2 Å². The molecule has 0 amide bonds. The molecule has 6 rings (SSSR count). The van der Waals surface area contributed by atoms with Crippen LogP contribution in [0.2, 0.25) is 0 Å². The first-order valence-electron chi connectivity index (χ1n) is 11.7. The van der Waals surface area contributed by atoms with Crippen LogP contribution in [0.3, 0.4) is 0 Å². The van der Waals surface area contributed by atoms with E-state index in [0.717, 1.165) is 54.6 Å². The highest BCUT2D eigenvalue weighted by molar-refractivity contribution is 5.57. The molecule has 0 saturated carbocycles. The van der Waals surface area contributed by atoms with E-state index < -0.39 is 0 Å². The van der Waals surface area contributed by atoms with Gasteiger partial charge in [-0.25, -0.2) is 0 Å². The van der Waals surface area contributed by atoms with Gasteiger partial charge in [-0.2, -0.15) is 0 Å². The Morgan fingerprint density at radius 1 is 0.882 bits per heavy atom. The van der Waals surface area contributed by atoms with Crippen molar-refractivity contribution in [2.45, 2.75) is 31.3 Å². The van der Waals surface area contributed by atoms with Gasteiger partial charge in [0, 0.05) is 24.2 Å². The molecule has 3 aromatic rings. The molecule has 0 fully saturated rings. The van der Waals surface area contributed by atoms with Crippen LogP contribution in [0.25, 0.3) is 0 Å². The van der Waals surface area contributed by atoms with E-state index in [1.807, 2.05) is 18.2 Å². The standard InChI is InChI=1S/C28H29NO5/c1-30-20-7-4-17(5-8-20)12-23-27-19(6-9-24(31-2)28(27)32-3)13-22-21-15-26-25(33-16-34-26)14-18(21)10-11-29(22)23/h4-9,14-15,22-23H,10-13,16H2,1-3H3/t22-,23-/m0/s1. The maximum Gasteiger partial charge on any atom is 0.231 e. The van der Waals surface area contributed by atoms with Gasteiger partial charge in [-0.3, -0.25) is 4.90 Å². The lowest BCUT2D eigenvalue weighted by molar-refractivity contribution is 0.103. The molecule has 176 valence electrons. The largest absolute Gasteiger partial charge is 0.497 e. The summed E-state index contributed by atoms with van der Waals surface area (Å²) in [5.74, 6) is 4.21. The quantitative estimate of drug-likeness (QED) is 0.542. The normalized spacial score (nSPS) is 20.2. The van der Waals surface area contributed by atoms with Crippen molar-refractivity contribution >= 4 is 0 Å². The van der Waals surface area contributed by atoms with Gasteiger partial charge in [-0.05, 0) is 71.8 Å². The van der Waals surface area contributed by atoms with E-state index in [0.29, 0.717) is 6.79 Å². The van der Waals surface area contributed by atoms with Crippen molar-refractivity contribution in [2.75, 3.05) is 34.7 Å². The number of nitrogens with zero attached hydrogens (tertiary/aromatic N) is 1. The van der Waals surface area contributed by atoms with Gasteiger partial charge in [0.15, 0.2) is 23.0 Å². The molecule has 0 bridgehead atoms. The highest BCUT2D eigenvalue weighted by atomic mass is 16.7. The van der Waals surface area contributed by atoms with Crippen LogP contribution in [0, 0.1) is 0 Å². The smallest absolute Gasteiger partial charge is 0.231 e. The molecule has 0 spiro atoms. The first-order valence-corrected chi connectivity index (χ1v) is 11.7. The average Bonchev–Trinajstić information content (AvgIpc) is 3.34. The van der Waals surface area contributed by atoms with Gasteiger partial charge in [-0.15, -0.1) is 0 Å². The molecule has 3 heterocycles. The van der Waals surface area contributed by atoms with Crippen molar-refractivity contribution in [3.8, 4) is 28.7 Å². The van der Waals surface area contributed by atoms with E-state index in [4.69, 9.17) is 23.7 Å². The predicted molar refractivity (Wildman–Crippen MR) is 128 cm³/mol. The lowest BCUT2D eigenvalue weighted by Crippen LogP contribution is -2.43. The maximum absolute atomic E-state index is 5.94. The molecule has 0 saturated heterocycles. The summed E-state index contributed by atoms with van der Waals surface area (Å²) >= 11 is 0. The Morgan fingerprint density at radius 2 is 1.68 bits per heavy atom. The van der Waals surface area contributed by atoms with Gasteiger partial charge in [0.25, 0.3) is 0 Å². The molecular formula is C28H29NO5. The Bertz CT molecular complexity index is 1220. The number of fused-ring (bicyclic) bond motifs is 5. The summed E-state index contributed by atoms with van der Waals surface area (Å²) in [6.45, 7) is 1.27. The van der Waals surface area contributed by atoms with Crippen molar-refractivity contribution in [3.63, 3.8) is 0 Å². The Kier molecular flexibility index (Phi) is 5.26. The summed E-state index contributed by atoms with van der Waals surface area (Å²) in [6, 6.07) is 17.4. The molecule has 3 aliphatic rings. The third-order valence-corrected chi connectivity index (χ3v) is 7.44. The van der Waals surface area contributed by atoms with Gasteiger partial charge in [0.2, 0.25) is 6.79 Å². The molecule has 6 nitrogen and oxygen atoms in total. The minimum absolute atomic E-state index is 0.158. The summed E-state index contributed by atoms with van der Waals surface area (Å²) < 4.78 is 28.4. The van der Waals surface area contributed by atoms with Crippen molar-refractivity contribution in [2.24, 2.45) is 0 Å². The fourth-order valence-corrected chi connectivity index (χ4v) is 5.82. The summed E-state index contributed by atoms with van der Waals surface area (Å²) in [6.07, 6.45) is 2.77. The van der Waals surface area contributed by atoms with Crippen LogP contribution in [-0.2, 0) is 19.3 Å². The predicted octanol–water partition coefficient (Wildman–Crippen LogP) is 4.88. The molecule has 0 radical (unpaired) electrons. The number of hydrogen-bond donors (Lipinski definition) is 0. The zero-order valence-electron chi connectivity index (χ0n) is 19.8. The van der Waals surface area contributed by atoms with E-state index in [9.17, 15) is 0 Å². The second kappa shape index (κ2) is 8.44. The molecule has 2 atom stereocenters. The van der Waals surface area contributed by atoms with Crippen LogP contribution in [0.4, 0.5) is 0 Å². The van der Waals surface area contributed by atoms with Crippen LogP contribution in [-0.4, -0.2) is 39.6 Å². The molecule has 34 heavy (non-hydrogen) atoms. The topological polar surface area (TPSA) is 49.4 Å². The average molecular weight is 460 g/mol. The van der Waals surface area contributed by atoms with E-state index in [-0.39, 0.29) is 12.1 Å². The van der Waals surface area contributed by atoms with Crippen LogP contribution in [0.1, 0.15) is 39.9 Å². The number of hydrogen-bond acceptors (Lipinski definition) is 6. The van der Waals surface area contributed by atoms with Gasteiger partial charge >= 0.3 is 0 Å². The molecule has 3 aliphatic heterocycles. The molecule has 3 aromatic carbocycles. The van der Waals surface area contributed by atoms with Crippen LogP contribution >= 0.6 is 0 Å². The summed E-state index contributed by atoms with van der Waals surface area (Å²) in [5, 5.41) is 0. The first-order chi connectivity index (χ1) is 16.7. The number of rotatable bonds is 5. The number of benzene rings is 3. The van der Waals surface area contributed by atoms with Gasteiger partial charge < -0.3 is 23.7 Å². The molecular weight excluding hydrogens is 430 g/mol. The lowest BCUT2D eigenvalue weighted by atomic mass is 9.78. The Balaban J connectivity index is 1.46. The van der Waals surface area contributed by atoms with Crippen molar-refractivity contribution in [1.29, 1.82) is 0 Å². The van der Waals surface area contributed by atoms with Gasteiger partial charge in [0.1, 0.15) is 5.75 Å². The molecule has 6 heteroatoms. The van der Waals surface area contributed by atoms with E-state index in [1.54, 1.807) is 21.3 Å². The number of ether oxygens (including phenoxy) is 5. The highest BCUT2D eigenvalue weighted by Crippen LogP contribution is 2.51. The van der Waals surface area contributed by atoms with Crippen LogP contribution in [0.5, 0.6) is 28.7 Å². The van der Waals surface area contributed by atoms with Crippen molar-refractivity contribution in [3.05, 3.63) is 76.3 Å². The van der Waals surface area contributed by atoms with E-state index in [1.165, 1.54) is 27.8 Å². The third kappa shape index (κ3) is 3.36. The first kappa shape index (κ1) is 21.2. The minimum atomic E-state index is 0.158. The Morgan fingerprint density at radius 3 is 2.41 bits per heavy atom. The second-order valence-corrected chi connectivity index (χ2v) is 9.05. The van der Waals surface area contributed by atoms with Crippen LogP contribution in [0.15, 0.2) is 48.5 Å². The van der Waals surface area contributed by atoms with E-state index in [2.05, 4.69) is 35.2 Å². The molecule has 0 aromatic heterocycles. The Labute approximate surface area is 200 Å². The third-order valence-electron chi connectivity index (χ3n) is 7.44. The molecule has 0 N–H and O–H groups in total. The highest BCUT2D eigenvalue weighted by Gasteiger charge is 2.41. The second-order valence-electron chi connectivity index (χ2n) is 9.05. The van der Waals surface area contributed by atoms with Crippen molar-refractivity contribution in [1.82, 2.24) is 4.90 Å². The van der Waals surface area contributed by atoms with Crippen molar-refractivity contribution < 1.29 is 23.7 Å². The zero-order chi connectivity index (χ0) is 23.2. The van der Waals surface area contributed by atoms with Gasteiger partial charge in [0.05, 0.1) is 21.3 Å². The molecule has 0 aliphatic carbocycles. The summed E-state index contributed by atoms with van der Waals surface area (Å²) in [5.41, 5.74) is 6.51. The lowest BCUT2D eigenvalue weighted by Gasteiger charge is -2.47. The number of methoxy groups -OCH3 is 3.